The minimum absolute atomic E-state index is 0.0703. The van der Waals surface area contributed by atoms with E-state index in [1.807, 2.05) is 25.9 Å². The number of benzene rings is 2. The molecule has 0 radical (unpaired) electrons. The van der Waals surface area contributed by atoms with E-state index < -0.39 is 11.7 Å². The number of amides is 2. The number of fused-ring (bicyclic) bond motifs is 1. The zero-order valence-electron chi connectivity index (χ0n) is 15.8. The number of hydrogen-bond acceptors (Lipinski definition) is 5. The molecule has 0 unspecified atom stereocenters. The van der Waals surface area contributed by atoms with Crippen molar-refractivity contribution in [3.05, 3.63) is 47.3 Å². The van der Waals surface area contributed by atoms with Gasteiger partial charge in [-0.25, -0.2) is 4.39 Å². The Morgan fingerprint density at radius 3 is 2.68 bits per heavy atom. The molecule has 0 spiro atoms. The molecule has 9 heteroatoms. The average molecular weight is 384 g/mol. The van der Waals surface area contributed by atoms with Crippen LogP contribution in [0.5, 0.6) is 0 Å². The molecular weight excluding hydrogens is 363 g/mol. The van der Waals surface area contributed by atoms with E-state index >= 15 is 0 Å². The summed E-state index contributed by atoms with van der Waals surface area (Å²) < 4.78 is 13.8. The lowest BCUT2D eigenvalue weighted by Gasteiger charge is -2.13. The van der Waals surface area contributed by atoms with Gasteiger partial charge in [-0.3, -0.25) is 9.59 Å². The molecule has 1 aromatic heterocycles. The number of aromatic nitrogens is 3. The van der Waals surface area contributed by atoms with Crippen molar-refractivity contribution in [2.75, 3.05) is 31.3 Å². The third-order valence-corrected chi connectivity index (χ3v) is 4.19. The van der Waals surface area contributed by atoms with E-state index in [0.29, 0.717) is 24.3 Å². The lowest BCUT2D eigenvalue weighted by atomic mass is 10.1. The summed E-state index contributed by atoms with van der Waals surface area (Å²) in [5, 5.41) is 15.7. The molecule has 0 aliphatic rings. The molecule has 0 fully saturated rings. The monoisotopic (exact) mass is 384 g/mol. The molecule has 3 N–H and O–H groups in total. The molecule has 1 heterocycles. The predicted molar refractivity (Wildman–Crippen MR) is 105 cm³/mol. The van der Waals surface area contributed by atoms with Gasteiger partial charge < -0.3 is 15.5 Å². The van der Waals surface area contributed by atoms with E-state index in [9.17, 15) is 14.0 Å². The summed E-state index contributed by atoms with van der Waals surface area (Å²) in [4.78, 5) is 26.6. The van der Waals surface area contributed by atoms with E-state index in [1.165, 1.54) is 6.07 Å². The van der Waals surface area contributed by atoms with Gasteiger partial charge in [0.15, 0.2) is 0 Å². The SMILES string of the molecule is Cc1ccc(NC(=O)c2cc(F)cc3n[nH]nc23)cc1NC(=O)CCN(C)C. The van der Waals surface area contributed by atoms with Gasteiger partial charge in [-0.1, -0.05) is 6.07 Å². The van der Waals surface area contributed by atoms with Crippen LogP contribution in [-0.2, 0) is 4.79 Å². The van der Waals surface area contributed by atoms with Crippen molar-refractivity contribution >= 4 is 34.2 Å². The highest BCUT2D eigenvalue weighted by molar-refractivity contribution is 6.11. The number of halogens is 1. The number of rotatable bonds is 6. The Balaban J connectivity index is 1.78. The Labute approximate surface area is 161 Å². The summed E-state index contributed by atoms with van der Waals surface area (Å²) in [7, 11) is 3.79. The minimum Gasteiger partial charge on any atom is -0.326 e. The second-order valence-corrected chi connectivity index (χ2v) is 6.73. The number of H-pyrrole nitrogens is 1. The number of aromatic amines is 1. The maximum atomic E-state index is 13.8. The van der Waals surface area contributed by atoms with E-state index in [2.05, 4.69) is 26.0 Å². The van der Waals surface area contributed by atoms with E-state index in [4.69, 9.17) is 0 Å². The Bertz CT molecular complexity index is 1030. The number of anilines is 2. The van der Waals surface area contributed by atoms with Gasteiger partial charge in [-0.2, -0.15) is 15.4 Å². The molecule has 0 bridgehead atoms. The molecule has 0 aliphatic carbocycles. The molecule has 0 atom stereocenters. The number of carbonyl (C=O) groups excluding carboxylic acids is 2. The van der Waals surface area contributed by atoms with Gasteiger partial charge in [0.2, 0.25) is 5.91 Å². The molecule has 0 aliphatic heterocycles. The van der Waals surface area contributed by atoms with Gasteiger partial charge >= 0.3 is 0 Å². The highest BCUT2D eigenvalue weighted by atomic mass is 19.1. The fourth-order valence-corrected chi connectivity index (χ4v) is 2.66. The first-order valence-corrected chi connectivity index (χ1v) is 8.70. The van der Waals surface area contributed by atoms with Gasteiger partial charge in [0.1, 0.15) is 16.9 Å². The molecule has 146 valence electrons. The first kappa shape index (κ1) is 19.4. The van der Waals surface area contributed by atoms with E-state index in [-0.39, 0.29) is 22.5 Å². The van der Waals surface area contributed by atoms with E-state index in [0.717, 1.165) is 11.6 Å². The van der Waals surface area contributed by atoms with Crippen LogP contribution in [0, 0.1) is 12.7 Å². The number of nitrogens with zero attached hydrogens (tertiary/aromatic N) is 3. The summed E-state index contributed by atoms with van der Waals surface area (Å²) in [6.07, 6.45) is 0.358. The van der Waals surface area contributed by atoms with Crippen LogP contribution in [-0.4, -0.2) is 52.8 Å². The lowest BCUT2D eigenvalue weighted by Crippen LogP contribution is -2.21. The van der Waals surface area contributed by atoms with Crippen molar-refractivity contribution in [1.29, 1.82) is 0 Å². The van der Waals surface area contributed by atoms with Gasteiger partial charge in [0, 0.05) is 30.4 Å². The maximum Gasteiger partial charge on any atom is 0.258 e. The number of aryl methyl sites for hydroxylation is 1. The number of carbonyl (C=O) groups is 2. The van der Waals surface area contributed by atoms with Crippen LogP contribution >= 0.6 is 0 Å². The van der Waals surface area contributed by atoms with Crippen molar-refractivity contribution < 1.29 is 14.0 Å². The minimum atomic E-state index is -0.579. The molecule has 2 aromatic carbocycles. The van der Waals surface area contributed by atoms with E-state index in [1.54, 1.807) is 18.2 Å². The molecule has 28 heavy (non-hydrogen) atoms. The number of nitrogens with one attached hydrogen (secondary N) is 3. The van der Waals surface area contributed by atoms with Gasteiger partial charge in [0.05, 0.1) is 5.56 Å². The quantitative estimate of drug-likeness (QED) is 0.606. The summed E-state index contributed by atoms with van der Waals surface area (Å²) in [5.74, 6) is -1.22. The molecular formula is C19H21FN6O2. The fraction of sp³-hybridized carbons (Fsp3) is 0.263. The van der Waals surface area contributed by atoms with Crippen LogP contribution in [0.2, 0.25) is 0 Å². The standard InChI is InChI=1S/C19H21FN6O2/c1-11-4-5-13(10-15(11)22-17(27)6-7-26(2)3)21-19(28)14-8-12(20)9-16-18(14)24-25-23-16/h4-5,8-10H,6-7H2,1-3H3,(H,21,28)(H,22,27)(H,23,24,25). The largest absolute Gasteiger partial charge is 0.326 e. The van der Waals surface area contributed by atoms with Crippen LogP contribution in [0.1, 0.15) is 22.3 Å². The Morgan fingerprint density at radius 1 is 1.14 bits per heavy atom. The van der Waals surface area contributed by atoms with Crippen LogP contribution in [0.25, 0.3) is 11.0 Å². The van der Waals surface area contributed by atoms with Crippen LogP contribution in [0.4, 0.5) is 15.8 Å². The van der Waals surface area contributed by atoms with Crippen LogP contribution in [0.3, 0.4) is 0 Å². The van der Waals surface area contributed by atoms with Gasteiger partial charge in [0.25, 0.3) is 5.91 Å². The third kappa shape index (κ3) is 4.49. The average Bonchev–Trinajstić information content (AvgIpc) is 3.10. The van der Waals surface area contributed by atoms with Crippen molar-refractivity contribution in [3.8, 4) is 0 Å². The summed E-state index contributed by atoms with van der Waals surface area (Å²) in [6, 6.07) is 7.47. The van der Waals surface area contributed by atoms with Gasteiger partial charge in [-0.15, -0.1) is 0 Å². The van der Waals surface area contributed by atoms with Crippen molar-refractivity contribution in [3.63, 3.8) is 0 Å². The second kappa shape index (κ2) is 8.13. The lowest BCUT2D eigenvalue weighted by molar-refractivity contribution is -0.116. The van der Waals surface area contributed by atoms with Crippen LogP contribution < -0.4 is 10.6 Å². The van der Waals surface area contributed by atoms with Crippen molar-refractivity contribution in [2.45, 2.75) is 13.3 Å². The normalized spacial score (nSPS) is 11.0. The fourth-order valence-electron chi connectivity index (χ4n) is 2.66. The summed E-state index contributed by atoms with van der Waals surface area (Å²) in [5.41, 5.74) is 2.56. The maximum absolute atomic E-state index is 13.8. The summed E-state index contributed by atoms with van der Waals surface area (Å²) in [6.45, 7) is 2.49. The van der Waals surface area contributed by atoms with Crippen molar-refractivity contribution in [2.24, 2.45) is 0 Å². The highest BCUT2D eigenvalue weighted by Crippen LogP contribution is 2.23. The Hall–Kier alpha value is -3.33. The topological polar surface area (TPSA) is 103 Å². The molecule has 0 saturated carbocycles. The van der Waals surface area contributed by atoms with Crippen LogP contribution in [0.15, 0.2) is 30.3 Å². The smallest absolute Gasteiger partial charge is 0.258 e. The second-order valence-electron chi connectivity index (χ2n) is 6.73. The predicted octanol–water partition coefficient (Wildman–Crippen LogP) is 2.55. The Morgan fingerprint density at radius 2 is 1.93 bits per heavy atom. The first-order valence-electron chi connectivity index (χ1n) is 8.70. The number of hydrogen-bond donors (Lipinski definition) is 3. The Kier molecular flexibility index (Phi) is 5.65. The summed E-state index contributed by atoms with van der Waals surface area (Å²) >= 11 is 0. The molecule has 0 saturated heterocycles. The first-order chi connectivity index (χ1) is 13.3. The molecule has 3 aromatic rings. The zero-order valence-corrected chi connectivity index (χ0v) is 15.8. The molecule has 8 nitrogen and oxygen atoms in total. The zero-order chi connectivity index (χ0) is 20.3. The van der Waals surface area contributed by atoms with Crippen molar-refractivity contribution in [1.82, 2.24) is 20.3 Å². The highest BCUT2D eigenvalue weighted by Gasteiger charge is 2.16. The third-order valence-electron chi connectivity index (χ3n) is 4.19. The molecule has 2 amide bonds. The molecule has 3 rings (SSSR count). The van der Waals surface area contributed by atoms with Gasteiger partial charge in [-0.05, 0) is 44.8 Å².